The van der Waals surface area contributed by atoms with Gasteiger partial charge >= 0.3 is 0 Å². The minimum atomic E-state index is -0.178. The third-order valence-electron chi connectivity index (χ3n) is 3.30. The zero-order valence-electron chi connectivity index (χ0n) is 12.2. The molecule has 0 saturated carbocycles. The zero-order valence-corrected chi connectivity index (χ0v) is 12.2. The van der Waals surface area contributed by atoms with Gasteiger partial charge in [0.05, 0.1) is 0 Å². The molecule has 3 nitrogen and oxygen atoms in total. The highest BCUT2D eigenvalue weighted by Gasteiger charge is 2.08. The quantitative estimate of drug-likeness (QED) is 0.908. The highest BCUT2D eigenvalue weighted by Crippen LogP contribution is 2.17. The van der Waals surface area contributed by atoms with E-state index in [1.165, 1.54) is 11.6 Å². The van der Waals surface area contributed by atoms with E-state index < -0.39 is 0 Å². The maximum Gasteiger partial charge on any atom is 0.128 e. The Bertz CT molecular complexity index is 584. The molecule has 0 amide bonds. The van der Waals surface area contributed by atoms with E-state index in [1.54, 1.807) is 12.1 Å². The van der Waals surface area contributed by atoms with Crippen molar-refractivity contribution in [2.24, 2.45) is 0 Å². The molecule has 0 atom stereocenters. The zero-order chi connectivity index (χ0) is 14.5. The normalized spacial score (nSPS) is 10.6. The number of aromatic nitrogens is 1. The van der Waals surface area contributed by atoms with E-state index >= 15 is 0 Å². The van der Waals surface area contributed by atoms with Gasteiger partial charge in [0.25, 0.3) is 0 Å². The average Bonchev–Trinajstić information content (AvgIpc) is 2.43. The van der Waals surface area contributed by atoms with Gasteiger partial charge in [-0.05, 0) is 31.7 Å². The molecule has 4 heteroatoms. The Morgan fingerprint density at radius 3 is 2.55 bits per heavy atom. The molecule has 106 valence electrons. The lowest BCUT2D eigenvalue weighted by Crippen LogP contribution is -2.19. The van der Waals surface area contributed by atoms with Gasteiger partial charge in [0.1, 0.15) is 11.6 Å². The Kier molecular flexibility index (Phi) is 4.69. The first-order valence-corrected chi connectivity index (χ1v) is 6.67. The summed E-state index contributed by atoms with van der Waals surface area (Å²) in [7, 11) is 3.84. The smallest absolute Gasteiger partial charge is 0.128 e. The van der Waals surface area contributed by atoms with Crippen LogP contribution in [0.2, 0.25) is 0 Å². The first-order chi connectivity index (χ1) is 9.61. The lowest BCUT2D eigenvalue weighted by atomic mass is 10.2. The van der Waals surface area contributed by atoms with Crippen LogP contribution in [0, 0.1) is 12.7 Å². The lowest BCUT2D eigenvalue weighted by Gasteiger charge is -2.20. The van der Waals surface area contributed by atoms with Gasteiger partial charge in [-0.1, -0.05) is 24.3 Å². The molecule has 0 aliphatic carbocycles. The molecule has 0 spiro atoms. The standard InChI is InChI=1S/C16H20FN3/c1-12-13(10-18-2)8-9-16(19-12)20(3)11-14-6-4-5-7-15(14)17/h4-9,18H,10-11H2,1-3H3. The molecule has 1 heterocycles. The summed E-state index contributed by atoms with van der Waals surface area (Å²) in [5.41, 5.74) is 2.85. The van der Waals surface area contributed by atoms with Gasteiger partial charge < -0.3 is 10.2 Å². The highest BCUT2D eigenvalue weighted by atomic mass is 19.1. The second-order valence-electron chi connectivity index (χ2n) is 4.89. The topological polar surface area (TPSA) is 28.2 Å². The van der Waals surface area contributed by atoms with E-state index in [0.29, 0.717) is 12.1 Å². The van der Waals surface area contributed by atoms with Crippen LogP contribution < -0.4 is 10.2 Å². The summed E-state index contributed by atoms with van der Waals surface area (Å²) >= 11 is 0. The summed E-state index contributed by atoms with van der Waals surface area (Å²) in [6.07, 6.45) is 0. The number of nitrogens with zero attached hydrogens (tertiary/aromatic N) is 2. The SMILES string of the molecule is CNCc1ccc(N(C)Cc2ccccc2F)nc1C. The number of pyridine rings is 1. The van der Waals surface area contributed by atoms with Crippen molar-refractivity contribution in [3.05, 3.63) is 59.0 Å². The van der Waals surface area contributed by atoms with Gasteiger partial charge in [0.15, 0.2) is 0 Å². The maximum absolute atomic E-state index is 13.7. The summed E-state index contributed by atoms with van der Waals surface area (Å²) in [4.78, 5) is 6.53. The number of rotatable bonds is 5. The van der Waals surface area contributed by atoms with Gasteiger partial charge in [-0.3, -0.25) is 0 Å². The number of nitrogens with one attached hydrogen (secondary N) is 1. The first kappa shape index (κ1) is 14.5. The molecule has 0 aliphatic rings. The van der Waals surface area contributed by atoms with Crippen LogP contribution in [0.15, 0.2) is 36.4 Å². The maximum atomic E-state index is 13.7. The van der Waals surface area contributed by atoms with Crippen molar-refractivity contribution in [1.82, 2.24) is 10.3 Å². The van der Waals surface area contributed by atoms with Crippen LogP contribution in [-0.2, 0) is 13.1 Å². The molecule has 0 bridgehead atoms. The summed E-state index contributed by atoms with van der Waals surface area (Å²) in [5, 5.41) is 3.12. The molecule has 2 rings (SSSR count). The van der Waals surface area contributed by atoms with Crippen molar-refractivity contribution in [2.75, 3.05) is 19.0 Å². The number of anilines is 1. The van der Waals surface area contributed by atoms with Gasteiger partial charge in [0, 0.05) is 31.4 Å². The van der Waals surface area contributed by atoms with Gasteiger partial charge in [-0.2, -0.15) is 0 Å². The molecule has 0 unspecified atom stereocenters. The Hall–Kier alpha value is -1.94. The van der Waals surface area contributed by atoms with Crippen LogP contribution in [0.5, 0.6) is 0 Å². The number of benzene rings is 1. The molecular formula is C16H20FN3. The van der Waals surface area contributed by atoms with Crippen LogP contribution >= 0.6 is 0 Å². The average molecular weight is 273 g/mol. The van der Waals surface area contributed by atoms with Crippen molar-refractivity contribution in [3.63, 3.8) is 0 Å². The van der Waals surface area contributed by atoms with Crippen LogP contribution in [0.25, 0.3) is 0 Å². The largest absolute Gasteiger partial charge is 0.355 e. The molecular weight excluding hydrogens is 253 g/mol. The minimum absolute atomic E-state index is 0.178. The molecule has 0 radical (unpaired) electrons. The predicted octanol–water partition coefficient (Wildman–Crippen LogP) is 2.88. The summed E-state index contributed by atoms with van der Waals surface area (Å²) < 4.78 is 13.7. The fourth-order valence-electron chi connectivity index (χ4n) is 2.13. The van der Waals surface area contributed by atoms with Gasteiger partial charge in [-0.25, -0.2) is 9.37 Å². The van der Waals surface area contributed by atoms with E-state index in [4.69, 9.17) is 0 Å². The molecule has 1 N–H and O–H groups in total. The van der Waals surface area contributed by atoms with Crippen molar-refractivity contribution in [1.29, 1.82) is 0 Å². The summed E-state index contributed by atoms with van der Waals surface area (Å²) in [6, 6.07) is 10.9. The molecule has 1 aromatic heterocycles. The molecule has 0 fully saturated rings. The lowest BCUT2D eigenvalue weighted by molar-refractivity contribution is 0.607. The Morgan fingerprint density at radius 1 is 1.15 bits per heavy atom. The van der Waals surface area contributed by atoms with E-state index in [2.05, 4.69) is 16.4 Å². The minimum Gasteiger partial charge on any atom is -0.355 e. The van der Waals surface area contributed by atoms with Crippen LogP contribution in [0.4, 0.5) is 10.2 Å². The fourth-order valence-corrected chi connectivity index (χ4v) is 2.13. The first-order valence-electron chi connectivity index (χ1n) is 6.67. The highest BCUT2D eigenvalue weighted by molar-refractivity contribution is 5.42. The molecule has 0 aliphatic heterocycles. The van der Waals surface area contributed by atoms with E-state index in [0.717, 1.165) is 18.1 Å². The number of aryl methyl sites for hydroxylation is 1. The monoisotopic (exact) mass is 273 g/mol. The van der Waals surface area contributed by atoms with Crippen molar-refractivity contribution in [2.45, 2.75) is 20.0 Å². The second-order valence-corrected chi connectivity index (χ2v) is 4.89. The Labute approximate surface area is 119 Å². The predicted molar refractivity (Wildman–Crippen MR) is 80.2 cm³/mol. The van der Waals surface area contributed by atoms with Crippen LogP contribution in [-0.4, -0.2) is 19.1 Å². The Morgan fingerprint density at radius 2 is 1.90 bits per heavy atom. The van der Waals surface area contributed by atoms with Gasteiger partial charge in [0.2, 0.25) is 0 Å². The fraction of sp³-hybridized carbons (Fsp3) is 0.312. The van der Waals surface area contributed by atoms with Crippen LogP contribution in [0.3, 0.4) is 0 Å². The van der Waals surface area contributed by atoms with Crippen molar-refractivity contribution in [3.8, 4) is 0 Å². The third kappa shape index (κ3) is 3.33. The van der Waals surface area contributed by atoms with E-state index in [9.17, 15) is 4.39 Å². The molecule has 2 aromatic rings. The van der Waals surface area contributed by atoms with Crippen LogP contribution in [0.1, 0.15) is 16.8 Å². The van der Waals surface area contributed by atoms with E-state index in [1.807, 2.05) is 38.1 Å². The van der Waals surface area contributed by atoms with Crippen molar-refractivity contribution >= 4 is 5.82 Å². The molecule has 1 aromatic carbocycles. The van der Waals surface area contributed by atoms with Gasteiger partial charge in [-0.15, -0.1) is 0 Å². The molecule has 0 saturated heterocycles. The number of hydrogen-bond donors (Lipinski definition) is 1. The summed E-state index contributed by atoms with van der Waals surface area (Å²) in [6.45, 7) is 3.30. The summed E-state index contributed by atoms with van der Waals surface area (Å²) in [5.74, 6) is 0.675. The number of halogens is 1. The second kappa shape index (κ2) is 6.48. The van der Waals surface area contributed by atoms with E-state index in [-0.39, 0.29) is 5.82 Å². The number of hydrogen-bond acceptors (Lipinski definition) is 3. The third-order valence-corrected chi connectivity index (χ3v) is 3.30. The Balaban J connectivity index is 2.15. The van der Waals surface area contributed by atoms with Crippen molar-refractivity contribution < 1.29 is 4.39 Å². The molecule has 20 heavy (non-hydrogen) atoms.